The third kappa shape index (κ3) is 2.80. The SMILES string of the molecule is COc1cc2nccc(Oc3ncc(N)cc3Cl)c2cc1Br. The molecule has 2 heterocycles. The molecule has 0 atom stereocenters. The number of fused-ring (bicyclic) bond motifs is 1. The van der Waals surface area contributed by atoms with Crippen molar-refractivity contribution in [2.45, 2.75) is 0 Å². The number of pyridine rings is 2. The molecule has 22 heavy (non-hydrogen) atoms. The van der Waals surface area contributed by atoms with Crippen molar-refractivity contribution < 1.29 is 9.47 Å². The molecule has 3 rings (SSSR count). The number of hydrogen-bond donors (Lipinski definition) is 1. The number of methoxy groups -OCH3 is 1. The summed E-state index contributed by atoms with van der Waals surface area (Å²) in [7, 11) is 1.60. The number of nitrogen functional groups attached to an aromatic ring is 1. The van der Waals surface area contributed by atoms with Crippen LogP contribution in [0, 0.1) is 0 Å². The fourth-order valence-electron chi connectivity index (χ4n) is 1.99. The van der Waals surface area contributed by atoms with Gasteiger partial charge in [0.05, 0.1) is 29.0 Å². The molecule has 0 bridgehead atoms. The number of nitrogens with two attached hydrogens (primary N) is 1. The fraction of sp³-hybridized carbons (Fsp3) is 0.0667. The lowest BCUT2D eigenvalue weighted by atomic mass is 10.2. The van der Waals surface area contributed by atoms with Crippen LogP contribution in [0.4, 0.5) is 5.69 Å². The minimum Gasteiger partial charge on any atom is -0.495 e. The van der Waals surface area contributed by atoms with Gasteiger partial charge >= 0.3 is 0 Å². The van der Waals surface area contributed by atoms with E-state index >= 15 is 0 Å². The average molecular weight is 381 g/mol. The van der Waals surface area contributed by atoms with Gasteiger partial charge in [0, 0.05) is 17.6 Å². The molecule has 0 radical (unpaired) electrons. The van der Waals surface area contributed by atoms with Gasteiger partial charge in [-0.1, -0.05) is 11.6 Å². The summed E-state index contributed by atoms with van der Waals surface area (Å²) >= 11 is 9.55. The second kappa shape index (κ2) is 5.98. The lowest BCUT2D eigenvalue weighted by Gasteiger charge is -2.11. The van der Waals surface area contributed by atoms with Gasteiger partial charge in [0.25, 0.3) is 0 Å². The number of benzene rings is 1. The zero-order valence-corrected chi connectivity index (χ0v) is 13.9. The highest BCUT2D eigenvalue weighted by Gasteiger charge is 2.11. The predicted molar refractivity (Wildman–Crippen MR) is 89.7 cm³/mol. The Morgan fingerprint density at radius 1 is 1.18 bits per heavy atom. The van der Waals surface area contributed by atoms with Gasteiger partial charge in [-0.15, -0.1) is 0 Å². The highest BCUT2D eigenvalue weighted by Crippen LogP contribution is 2.36. The fourth-order valence-corrected chi connectivity index (χ4v) is 2.71. The van der Waals surface area contributed by atoms with Gasteiger partial charge in [-0.2, -0.15) is 0 Å². The summed E-state index contributed by atoms with van der Waals surface area (Å²) in [5, 5.41) is 1.16. The Balaban J connectivity index is 2.09. The molecule has 1 aromatic carbocycles. The van der Waals surface area contributed by atoms with Crippen molar-refractivity contribution >= 4 is 44.1 Å². The first-order chi connectivity index (χ1) is 10.6. The molecule has 0 amide bonds. The van der Waals surface area contributed by atoms with Gasteiger partial charge in [-0.05, 0) is 34.1 Å². The number of rotatable bonds is 3. The van der Waals surface area contributed by atoms with Crippen molar-refractivity contribution in [1.29, 1.82) is 0 Å². The Morgan fingerprint density at radius 2 is 2.00 bits per heavy atom. The number of anilines is 1. The number of hydrogen-bond acceptors (Lipinski definition) is 5. The Labute approximate surface area is 140 Å². The summed E-state index contributed by atoms with van der Waals surface area (Å²) in [6.07, 6.45) is 3.14. The molecule has 112 valence electrons. The number of nitrogens with zero attached hydrogens (tertiary/aromatic N) is 2. The van der Waals surface area contributed by atoms with E-state index in [1.54, 1.807) is 25.4 Å². The molecule has 5 nitrogen and oxygen atoms in total. The van der Waals surface area contributed by atoms with Crippen molar-refractivity contribution in [2.75, 3.05) is 12.8 Å². The van der Waals surface area contributed by atoms with Crippen molar-refractivity contribution in [1.82, 2.24) is 9.97 Å². The predicted octanol–water partition coefficient (Wildman–Crippen LogP) is 4.43. The van der Waals surface area contributed by atoms with Crippen LogP contribution in [0.15, 0.2) is 41.1 Å². The molecule has 0 unspecified atom stereocenters. The van der Waals surface area contributed by atoms with Gasteiger partial charge in [0.15, 0.2) is 0 Å². The maximum Gasteiger partial charge on any atom is 0.238 e. The van der Waals surface area contributed by atoms with E-state index in [4.69, 9.17) is 26.8 Å². The van der Waals surface area contributed by atoms with Crippen LogP contribution in [0.5, 0.6) is 17.4 Å². The first kappa shape index (κ1) is 14.9. The summed E-state index contributed by atoms with van der Waals surface area (Å²) in [4.78, 5) is 8.42. The maximum absolute atomic E-state index is 6.10. The first-order valence-electron chi connectivity index (χ1n) is 6.29. The monoisotopic (exact) mass is 379 g/mol. The number of ether oxygens (including phenoxy) is 2. The van der Waals surface area contributed by atoms with Crippen LogP contribution < -0.4 is 15.2 Å². The molecule has 0 aliphatic heterocycles. The molecule has 3 aromatic rings. The Kier molecular flexibility index (Phi) is 4.04. The van der Waals surface area contributed by atoms with Crippen molar-refractivity contribution in [2.24, 2.45) is 0 Å². The van der Waals surface area contributed by atoms with Crippen molar-refractivity contribution in [3.63, 3.8) is 0 Å². The normalized spacial score (nSPS) is 10.7. The van der Waals surface area contributed by atoms with E-state index in [1.807, 2.05) is 12.1 Å². The summed E-state index contributed by atoms with van der Waals surface area (Å²) in [6, 6.07) is 7.04. The summed E-state index contributed by atoms with van der Waals surface area (Å²) in [5.74, 6) is 1.57. The average Bonchev–Trinajstić information content (AvgIpc) is 2.50. The molecular weight excluding hydrogens is 370 g/mol. The van der Waals surface area contributed by atoms with E-state index < -0.39 is 0 Å². The zero-order valence-electron chi connectivity index (χ0n) is 11.5. The van der Waals surface area contributed by atoms with E-state index in [9.17, 15) is 0 Å². The Bertz CT molecular complexity index is 858. The Hall–Kier alpha value is -2.05. The molecule has 0 saturated heterocycles. The van der Waals surface area contributed by atoms with Gasteiger partial charge in [0.2, 0.25) is 5.88 Å². The van der Waals surface area contributed by atoms with Crippen LogP contribution >= 0.6 is 27.5 Å². The third-order valence-corrected chi connectivity index (χ3v) is 3.90. The van der Waals surface area contributed by atoms with Crippen LogP contribution in [0.1, 0.15) is 0 Å². The Morgan fingerprint density at radius 3 is 2.73 bits per heavy atom. The first-order valence-corrected chi connectivity index (χ1v) is 7.46. The molecule has 0 aliphatic carbocycles. The van der Waals surface area contributed by atoms with Gasteiger partial charge < -0.3 is 15.2 Å². The zero-order chi connectivity index (χ0) is 15.7. The van der Waals surface area contributed by atoms with E-state index in [0.717, 1.165) is 15.4 Å². The smallest absolute Gasteiger partial charge is 0.238 e. The number of halogens is 2. The van der Waals surface area contributed by atoms with Crippen LogP contribution in [-0.4, -0.2) is 17.1 Å². The molecule has 0 fully saturated rings. The largest absolute Gasteiger partial charge is 0.495 e. The summed E-state index contributed by atoms with van der Waals surface area (Å²) in [5.41, 5.74) is 6.85. The summed E-state index contributed by atoms with van der Waals surface area (Å²) < 4.78 is 11.9. The topological polar surface area (TPSA) is 70.3 Å². The number of aromatic nitrogens is 2. The molecular formula is C15H11BrClN3O2. The maximum atomic E-state index is 6.10. The second-order valence-electron chi connectivity index (χ2n) is 4.47. The van der Waals surface area contributed by atoms with E-state index in [1.165, 1.54) is 6.20 Å². The standard InChI is InChI=1S/C15H11BrClN3O2/c1-21-14-6-12-9(5-10(14)16)13(2-3-19-12)22-15-11(17)4-8(18)7-20-15/h2-7H,18H2,1H3. The minimum atomic E-state index is 0.287. The molecule has 7 heteroatoms. The van der Waals surface area contributed by atoms with Crippen molar-refractivity contribution in [3.05, 3.63) is 46.2 Å². The van der Waals surface area contributed by atoms with Gasteiger partial charge in [-0.25, -0.2) is 4.98 Å². The summed E-state index contributed by atoms with van der Waals surface area (Å²) in [6.45, 7) is 0. The van der Waals surface area contributed by atoms with Gasteiger partial charge in [0.1, 0.15) is 16.5 Å². The third-order valence-electron chi connectivity index (χ3n) is 3.01. The van der Waals surface area contributed by atoms with Crippen molar-refractivity contribution in [3.8, 4) is 17.4 Å². The lowest BCUT2D eigenvalue weighted by Crippen LogP contribution is -1.94. The van der Waals surface area contributed by atoms with Crippen LogP contribution in [0.25, 0.3) is 10.9 Å². The van der Waals surface area contributed by atoms with E-state index in [0.29, 0.717) is 22.2 Å². The second-order valence-corrected chi connectivity index (χ2v) is 5.73. The molecule has 0 aliphatic rings. The van der Waals surface area contributed by atoms with Crippen LogP contribution in [0.3, 0.4) is 0 Å². The highest BCUT2D eigenvalue weighted by molar-refractivity contribution is 9.10. The molecule has 2 N–H and O–H groups in total. The minimum absolute atomic E-state index is 0.287. The molecule has 2 aromatic heterocycles. The molecule has 0 saturated carbocycles. The quantitative estimate of drug-likeness (QED) is 0.728. The van der Waals surface area contributed by atoms with E-state index in [2.05, 4.69) is 25.9 Å². The van der Waals surface area contributed by atoms with Gasteiger partial charge in [-0.3, -0.25) is 4.98 Å². The van der Waals surface area contributed by atoms with E-state index in [-0.39, 0.29) is 5.88 Å². The van der Waals surface area contributed by atoms with Crippen LogP contribution in [-0.2, 0) is 0 Å². The lowest BCUT2D eigenvalue weighted by molar-refractivity contribution is 0.412. The highest BCUT2D eigenvalue weighted by atomic mass is 79.9. The van der Waals surface area contributed by atoms with Crippen LogP contribution in [0.2, 0.25) is 5.02 Å². The molecule has 0 spiro atoms.